The fourth-order valence-electron chi connectivity index (χ4n) is 1.81. The maximum Gasteiger partial charge on any atom is 0.244 e. The fraction of sp³-hybridized carbons (Fsp3) is 0.176. The van der Waals surface area contributed by atoms with Gasteiger partial charge in [-0.3, -0.25) is 14.6 Å². The van der Waals surface area contributed by atoms with Crippen molar-refractivity contribution in [1.29, 1.82) is 0 Å². The maximum atomic E-state index is 11.8. The van der Waals surface area contributed by atoms with Gasteiger partial charge >= 0.3 is 0 Å². The van der Waals surface area contributed by atoms with Crippen LogP contribution in [0.3, 0.4) is 0 Å². The zero-order chi connectivity index (χ0) is 16.5. The van der Waals surface area contributed by atoms with Crippen LogP contribution in [-0.4, -0.2) is 28.3 Å². The summed E-state index contributed by atoms with van der Waals surface area (Å²) in [5.74, 6) is 0.0469. The quantitative estimate of drug-likeness (QED) is 0.799. The lowest BCUT2D eigenvalue weighted by molar-refractivity contribution is -0.117. The average molecular weight is 310 g/mol. The van der Waals surface area contributed by atoms with Crippen LogP contribution in [0, 0.1) is 6.92 Å². The minimum Gasteiger partial charge on any atom is -0.352 e. The summed E-state index contributed by atoms with van der Waals surface area (Å²) < 4.78 is 0. The van der Waals surface area contributed by atoms with Crippen molar-refractivity contribution in [3.63, 3.8) is 0 Å². The van der Waals surface area contributed by atoms with E-state index in [1.54, 1.807) is 30.5 Å². The molecule has 0 spiro atoms. The minimum atomic E-state index is -0.267. The van der Waals surface area contributed by atoms with E-state index in [4.69, 9.17) is 0 Å². The molecule has 2 aromatic heterocycles. The Morgan fingerprint density at radius 1 is 1.17 bits per heavy atom. The first kappa shape index (κ1) is 16.4. The average Bonchev–Trinajstić information content (AvgIpc) is 2.54. The molecule has 2 N–H and O–H groups in total. The van der Waals surface area contributed by atoms with E-state index in [0.29, 0.717) is 11.5 Å². The topological polar surface area (TPSA) is 84.0 Å². The van der Waals surface area contributed by atoms with Crippen molar-refractivity contribution >= 4 is 23.7 Å². The van der Waals surface area contributed by atoms with Crippen LogP contribution in [0.2, 0.25) is 0 Å². The number of rotatable bonds is 6. The third-order valence-electron chi connectivity index (χ3n) is 2.90. The van der Waals surface area contributed by atoms with Crippen LogP contribution in [0.4, 0.5) is 5.82 Å². The molecule has 0 bridgehead atoms. The molecule has 0 unspecified atom stereocenters. The van der Waals surface area contributed by atoms with E-state index in [-0.39, 0.29) is 24.8 Å². The molecule has 2 amide bonds. The monoisotopic (exact) mass is 310 g/mol. The number of aryl methyl sites for hydroxylation is 1. The molecule has 0 radical (unpaired) electrons. The molecule has 23 heavy (non-hydrogen) atoms. The molecular formula is C17H18N4O2. The second kappa shape index (κ2) is 8.43. The van der Waals surface area contributed by atoms with Gasteiger partial charge in [-0.15, -0.1) is 0 Å². The van der Waals surface area contributed by atoms with E-state index >= 15 is 0 Å². The van der Waals surface area contributed by atoms with Gasteiger partial charge in [0.05, 0.1) is 5.69 Å². The van der Waals surface area contributed by atoms with Crippen molar-refractivity contribution in [2.45, 2.75) is 13.3 Å². The number of amides is 2. The van der Waals surface area contributed by atoms with Crippen LogP contribution in [0.1, 0.15) is 17.8 Å². The number of anilines is 1. The van der Waals surface area contributed by atoms with Crippen molar-refractivity contribution in [2.24, 2.45) is 0 Å². The molecule has 0 saturated heterocycles. The van der Waals surface area contributed by atoms with Gasteiger partial charge in [0.2, 0.25) is 11.8 Å². The number of carbonyl (C=O) groups is 2. The number of nitrogens with zero attached hydrogens (tertiary/aromatic N) is 2. The Balaban J connectivity index is 1.71. The van der Waals surface area contributed by atoms with Crippen molar-refractivity contribution in [2.75, 3.05) is 11.9 Å². The first-order chi connectivity index (χ1) is 11.1. The molecule has 6 nitrogen and oxygen atoms in total. The second-order valence-corrected chi connectivity index (χ2v) is 4.84. The summed E-state index contributed by atoms with van der Waals surface area (Å²) in [5, 5.41) is 5.33. The molecule has 0 aliphatic carbocycles. The molecule has 0 saturated carbocycles. The van der Waals surface area contributed by atoms with Crippen molar-refractivity contribution in [3.05, 3.63) is 60.1 Å². The third-order valence-corrected chi connectivity index (χ3v) is 2.90. The zero-order valence-electron chi connectivity index (χ0n) is 12.8. The number of hydrogen-bond acceptors (Lipinski definition) is 4. The summed E-state index contributed by atoms with van der Waals surface area (Å²) >= 11 is 0. The molecule has 0 aliphatic heterocycles. The van der Waals surface area contributed by atoms with Gasteiger partial charge in [0, 0.05) is 30.9 Å². The normalized spacial score (nSPS) is 10.5. The third kappa shape index (κ3) is 6.09. The van der Waals surface area contributed by atoms with Crippen molar-refractivity contribution in [1.82, 2.24) is 15.3 Å². The van der Waals surface area contributed by atoms with Crippen molar-refractivity contribution in [3.8, 4) is 0 Å². The number of carbonyl (C=O) groups excluding carboxylic acids is 2. The first-order valence-corrected chi connectivity index (χ1v) is 7.24. The minimum absolute atomic E-state index is 0.179. The molecule has 118 valence electrons. The van der Waals surface area contributed by atoms with Gasteiger partial charge in [0.25, 0.3) is 0 Å². The van der Waals surface area contributed by atoms with Gasteiger partial charge in [-0.05, 0) is 37.3 Å². The molecule has 6 heteroatoms. The Bertz CT molecular complexity index is 699. The van der Waals surface area contributed by atoms with Gasteiger partial charge in [-0.2, -0.15) is 0 Å². The largest absolute Gasteiger partial charge is 0.352 e. The van der Waals surface area contributed by atoms with Crippen LogP contribution in [0.15, 0.2) is 48.7 Å². The summed E-state index contributed by atoms with van der Waals surface area (Å²) in [7, 11) is 0. The summed E-state index contributed by atoms with van der Waals surface area (Å²) in [4.78, 5) is 31.6. The molecule has 2 rings (SSSR count). The van der Waals surface area contributed by atoms with E-state index in [1.165, 1.54) is 6.08 Å². The van der Waals surface area contributed by atoms with Crippen LogP contribution in [0.5, 0.6) is 0 Å². The molecule has 0 fully saturated rings. The highest BCUT2D eigenvalue weighted by atomic mass is 16.2. The molecule has 2 aromatic rings. The SMILES string of the molecule is Cc1cccc(NC(=O)CCNC(=O)/C=C/c2ccccn2)n1. The van der Waals surface area contributed by atoms with Gasteiger partial charge in [0.1, 0.15) is 5.82 Å². The van der Waals surface area contributed by atoms with Crippen LogP contribution < -0.4 is 10.6 Å². The zero-order valence-corrected chi connectivity index (χ0v) is 12.8. The lowest BCUT2D eigenvalue weighted by Crippen LogP contribution is -2.26. The first-order valence-electron chi connectivity index (χ1n) is 7.24. The van der Waals surface area contributed by atoms with Crippen molar-refractivity contribution < 1.29 is 9.59 Å². The predicted molar refractivity (Wildman–Crippen MR) is 88.5 cm³/mol. The molecular weight excluding hydrogens is 292 g/mol. The molecule has 0 aliphatic rings. The van der Waals surface area contributed by atoms with E-state index in [0.717, 1.165) is 5.69 Å². The molecule has 0 aromatic carbocycles. The Kier molecular flexibility index (Phi) is 5.99. The van der Waals surface area contributed by atoms with Gasteiger partial charge in [0.15, 0.2) is 0 Å². The molecule has 0 atom stereocenters. The summed E-state index contributed by atoms with van der Waals surface area (Å²) in [6.45, 7) is 2.10. The fourth-order valence-corrected chi connectivity index (χ4v) is 1.81. The van der Waals surface area contributed by atoms with Gasteiger partial charge in [-0.1, -0.05) is 12.1 Å². The lowest BCUT2D eigenvalue weighted by atomic mass is 10.3. The Hall–Kier alpha value is -3.02. The highest BCUT2D eigenvalue weighted by Crippen LogP contribution is 2.04. The standard InChI is InChI=1S/C17H18N4O2/c1-13-5-4-7-15(20-13)21-17(23)10-12-19-16(22)9-8-14-6-2-3-11-18-14/h2-9,11H,10,12H2,1H3,(H,19,22)(H,20,21,23)/b9-8+. The Morgan fingerprint density at radius 3 is 2.78 bits per heavy atom. The number of pyridine rings is 2. The van der Waals surface area contributed by atoms with Gasteiger partial charge in [-0.25, -0.2) is 4.98 Å². The number of aromatic nitrogens is 2. The van der Waals surface area contributed by atoms with E-state index < -0.39 is 0 Å². The lowest BCUT2D eigenvalue weighted by Gasteiger charge is -2.05. The summed E-state index contributed by atoms with van der Waals surface area (Å²) in [6, 6.07) is 10.8. The maximum absolute atomic E-state index is 11.8. The Morgan fingerprint density at radius 2 is 2.04 bits per heavy atom. The van der Waals surface area contributed by atoms with Crippen LogP contribution >= 0.6 is 0 Å². The smallest absolute Gasteiger partial charge is 0.244 e. The number of nitrogens with one attached hydrogen (secondary N) is 2. The van der Waals surface area contributed by atoms with E-state index in [9.17, 15) is 9.59 Å². The highest BCUT2D eigenvalue weighted by molar-refractivity contribution is 5.93. The van der Waals surface area contributed by atoms with Crippen LogP contribution in [-0.2, 0) is 9.59 Å². The van der Waals surface area contributed by atoms with Crippen LogP contribution in [0.25, 0.3) is 6.08 Å². The Labute approximate surface area is 134 Å². The number of hydrogen-bond donors (Lipinski definition) is 2. The second-order valence-electron chi connectivity index (χ2n) is 4.84. The summed E-state index contributed by atoms with van der Waals surface area (Å²) in [6.07, 6.45) is 4.84. The predicted octanol–water partition coefficient (Wildman–Crippen LogP) is 1.94. The molecule has 2 heterocycles. The highest BCUT2D eigenvalue weighted by Gasteiger charge is 2.04. The van der Waals surface area contributed by atoms with Gasteiger partial charge < -0.3 is 10.6 Å². The van der Waals surface area contributed by atoms with E-state index in [1.807, 2.05) is 25.1 Å². The summed E-state index contributed by atoms with van der Waals surface area (Å²) in [5.41, 5.74) is 1.53. The van der Waals surface area contributed by atoms with E-state index in [2.05, 4.69) is 20.6 Å².